The van der Waals surface area contributed by atoms with Gasteiger partial charge in [0.2, 0.25) is 5.95 Å². The van der Waals surface area contributed by atoms with E-state index >= 15 is 0 Å². The largest absolute Gasteiger partial charge is 0.387 e. The average molecular weight is 291 g/mol. The molecule has 1 aliphatic rings. The van der Waals surface area contributed by atoms with Crippen LogP contribution in [0.1, 0.15) is 11.7 Å². The molecular formula is C14H18FN5O. The normalized spacial score (nSPS) is 17.9. The van der Waals surface area contributed by atoms with Gasteiger partial charge in [0.15, 0.2) is 0 Å². The second-order valence-corrected chi connectivity index (χ2v) is 5.17. The number of anilines is 1. The molecule has 0 bridgehead atoms. The van der Waals surface area contributed by atoms with Crippen molar-refractivity contribution in [1.29, 1.82) is 0 Å². The zero-order valence-corrected chi connectivity index (χ0v) is 11.6. The summed E-state index contributed by atoms with van der Waals surface area (Å²) < 4.78 is 13.2. The van der Waals surface area contributed by atoms with Crippen LogP contribution in [0, 0.1) is 5.82 Å². The third kappa shape index (κ3) is 3.37. The van der Waals surface area contributed by atoms with Gasteiger partial charge in [0.05, 0.1) is 6.10 Å². The smallest absolute Gasteiger partial charge is 0.221 e. The molecule has 0 spiro atoms. The van der Waals surface area contributed by atoms with E-state index in [1.165, 1.54) is 18.5 Å². The molecule has 2 heterocycles. The molecule has 3 rings (SSSR count). The van der Waals surface area contributed by atoms with Crippen LogP contribution in [0.4, 0.5) is 10.3 Å². The maximum absolute atomic E-state index is 13.2. The van der Waals surface area contributed by atoms with Gasteiger partial charge in [0.1, 0.15) is 12.1 Å². The standard InChI is InChI=1S/C14H18FN5O/c15-12-3-1-2-11(8-12)13(21)9-19-4-6-20(7-5-19)14-16-10-17-18-14/h1-3,8,10,13,21H,4-7,9H2,(H,16,17,18). The molecule has 1 aliphatic heterocycles. The molecule has 1 fully saturated rings. The van der Waals surface area contributed by atoms with Gasteiger partial charge in [-0.15, -0.1) is 0 Å². The number of hydrogen-bond donors (Lipinski definition) is 2. The van der Waals surface area contributed by atoms with Crippen LogP contribution in [0.15, 0.2) is 30.6 Å². The second-order valence-electron chi connectivity index (χ2n) is 5.17. The SMILES string of the molecule is OC(CN1CCN(c2ncn[nH]2)CC1)c1cccc(F)c1. The molecule has 6 nitrogen and oxygen atoms in total. The third-order valence-electron chi connectivity index (χ3n) is 3.74. The molecule has 0 aliphatic carbocycles. The number of β-amino-alcohol motifs (C(OH)–C–C–N with tert-alkyl or cyclic N) is 1. The van der Waals surface area contributed by atoms with E-state index in [1.54, 1.807) is 12.1 Å². The van der Waals surface area contributed by atoms with Crippen molar-refractivity contribution < 1.29 is 9.50 Å². The Labute approximate surface area is 122 Å². The summed E-state index contributed by atoms with van der Waals surface area (Å²) in [5, 5.41) is 16.9. The van der Waals surface area contributed by atoms with E-state index in [2.05, 4.69) is 25.0 Å². The maximum atomic E-state index is 13.2. The molecule has 0 amide bonds. The molecule has 0 saturated carbocycles. The van der Waals surface area contributed by atoms with Crippen molar-refractivity contribution in [2.24, 2.45) is 0 Å². The number of H-pyrrole nitrogens is 1. The lowest BCUT2D eigenvalue weighted by atomic mass is 10.1. The van der Waals surface area contributed by atoms with Crippen LogP contribution in [0.3, 0.4) is 0 Å². The predicted molar refractivity (Wildman–Crippen MR) is 76.4 cm³/mol. The molecule has 1 unspecified atom stereocenters. The van der Waals surface area contributed by atoms with Gasteiger partial charge in [0, 0.05) is 32.7 Å². The highest BCUT2D eigenvalue weighted by molar-refractivity contribution is 5.28. The quantitative estimate of drug-likeness (QED) is 0.872. The number of aliphatic hydroxyl groups is 1. The van der Waals surface area contributed by atoms with Crippen LogP contribution in [-0.2, 0) is 0 Å². The van der Waals surface area contributed by atoms with E-state index < -0.39 is 6.10 Å². The Balaban J connectivity index is 1.53. The van der Waals surface area contributed by atoms with Crippen LogP contribution in [0.2, 0.25) is 0 Å². The van der Waals surface area contributed by atoms with Crippen molar-refractivity contribution in [3.8, 4) is 0 Å². The fraction of sp³-hybridized carbons (Fsp3) is 0.429. The number of aromatic amines is 1. The first-order valence-corrected chi connectivity index (χ1v) is 6.98. The van der Waals surface area contributed by atoms with Crippen molar-refractivity contribution in [1.82, 2.24) is 20.1 Å². The molecule has 2 N–H and O–H groups in total. The topological polar surface area (TPSA) is 68.3 Å². The van der Waals surface area contributed by atoms with Crippen LogP contribution in [0.5, 0.6) is 0 Å². The summed E-state index contributed by atoms with van der Waals surface area (Å²) >= 11 is 0. The number of nitrogens with one attached hydrogen (secondary N) is 1. The van der Waals surface area contributed by atoms with Crippen LogP contribution in [-0.4, -0.2) is 57.9 Å². The van der Waals surface area contributed by atoms with Gasteiger partial charge >= 0.3 is 0 Å². The fourth-order valence-electron chi connectivity index (χ4n) is 2.56. The van der Waals surface area contributed by atoms with Crippen LogP contribution in [0.25, 0.3) is 0 Å². The monoisotopic (exact) mass is 291 g/mol. The lowest BCUT2D eigenvalue weighted by Gasteiger charge is -2.35. The van der Waals surface area contributed by atoms with Crippen molar-refractivity contribution in [2.75, 3.05) is 37.6 Å². The van der Waals surface area contributed by atoms with Gasteiger partial charge in [-0.3, -0.25) is 4.90 Å². The molecule has 21 heavy (non-hydrogen) atoms. The van der Waals surface area contributed by atoms with E-state index in [0.29, 0.717) is 12.1 Å². The van der Waals surface area contributed by atoms with Crippen LogP contribution >= 0.6 is 0 Å². The number of halogens is 1. The third-order valence-corrected chi connectivity index (χ3v) is 3.74. The summed E-state index contributed by atoms with van der Waals surface area (Å²) in [5.74, 6) is 0.460. The van der Waals surface area contributed by atoms with Gasteiger partial charge < -0.3 is 10.0 Å². The first kappa shape index (κ1) is 14.0. The lowest BCUT2D eigenvalue weighted by molar-refractivity contribution is 0.109. The number of hydrogen-bond acceptors (Lipinski definition) is 5. The van der Waals surface area contributed by atoms with Gasteiger partial charge in [-0.2, -0.15) is 10.1 Å². The Kier molecular flexibility index (Phi) is 4.12. The first-order valence-electron chi connectivity index (χ1n) is 6.98. The summed E-state index contributed by atoms with van der Waals surface area (Å²) in [4.78, 5) is 8.43. The summed E-state index contributed by atoms with van der Waals surface area (Å²) in [7, 11) is 0. The van der Waals surface area contributed by atoms with Gasteiger partial charge in [-0.05, 0) is 17.7 Å². The molecule has 1 atom stereocenters. The number of piperazine rings is 1. The molecular weight excluding hydrogens is 273 g/mol. The van der Waals surface area contributed by atoms with Gasteiger partial charge in [-0.25, -0.2) is 9.49 Å². The summed E-state index contributed by atoms with van der Waals surface area (Å²) in [6.07, 6.45) is 0.826. The zero-order chi connectivity index (χ0) is 14.7. The van der Waals surface area contributed by atoms with Crippen molar-refractivity contribution in [2.45, 2.75) is 6.10 Å². The number of aliphatic hydroxyl groups excluding tert-OH is 1. The maximum Gasteiger partial charge on any atom is 0.221 e. The van der Waals surface area contributed by atoms with Crippen molar-refractivity contribution in [3.05, 3.63) is 42.0 Å². The second kappa shape index (κ2) is 6.19. The van der Waals surface area contributed by atoms with Crippen molar-refractivity contribution >= 4 is 5.95 Å². The number of benzene rings is 1. The minimum absolute atomic E-state index is 0.318. The van der Waals surface area contributed by atoms with Gasteiger partial charge in [-0.1, -0.05) is 12.1 Å². The van der Waals surface area contributed by atoms with E-state index in [4.69, 9.17) is 0 Å². The Morgan fingerprint density at radius 2 is 2.10 bits per heavy atom. The van der Waals surface area contributed by atoms with E-state index in [9.17, 15) is 9.50 Å². The Bertz CT molecular complexity index is 569. The lowest BCUT2D eigenvalue weighted by Crippen LogP contribution is -2.47. The molecule has 1 aromatic carbocycles. The Hall–Kier alpha value is -1.99. The Morgan fingerprint density at radius 3 is 2.76 bits per heavy atom. The van der Waals surface area contributed by atoms with Gasteiger partial charge in [0.25, 0.3) is 0 Å². The molecule has 2 aromatic rings. The summed E-state index contributed by atoms with van der Waals surface area (Å²) in [5.41, 5.74) is 0.618. The van der Waals surface area contributed by atoms with Crippen molar-refractivity contribution in [3.63, 3.8) is 0 Å². The first-order chi connectivity index (χ1) is 10.2. The van der Waals surface area contributed by atoms with E-state index in [0.717, 1.165) is 32.1 Å². The van der Waals surface area contributed by atoms with E-state index in [1.807, 2.05) is 0 Å². The van der Waals surface area contributed by atoms with Crippen LogP contribution < -0.4 is 4.90 Å². The summed E-state index contributed by atoms with van der Waals surface area (Å²) in [6.45, 7) is 3.81. The highest BCUT2D eigenvalue weighted by Gasteiger charge is 2.21. The summed E-state index contributed by atoms with van der Waals surface area (Å²) in [6, 6.07) is 6.13. The number of aromatic nitrogens is 3. The minimum Gasteiger partial charge on any atom is -0.387 e. The average Bonchev–Trinajstić information content (AvgIpc) is 3.02. The fourth-order valence-corrected chi connectivity index (χ4v) is 2.56. The zero-order valence-electron chi connectivity index (χ0n) is 11.6. The highest BCUT2D eigenvalue weighted by Crippen LogP contribution is 2.17. The Morgan fingerprint density at radius 1 is 1.29 bits per heavy atom. The molecule has 7 heteroatoms. The highest BCUT2D eigenvalue weighted by atomic mass is 19.1. The number of rotatable bonds is 4. The number of nitrogens with zero attached hydrogens (tertiary/aromatic N) is 4. The molecule has 1 saturated heterocycles. The molecule has 1 aromatic heterocycles. The molecule has 0 radical (unpaired) electrons. The molecule has 112 valence electrons. The predicted octanol–water partition coefficient (Wildman–Crippen LogP) is 0.799. The van der Waals surface area contributed by atoms with E-state index in [-0.39, 0.29) is 5.82 Å². The minimum atomic E-state index is -0.669.